The lowest BCUT2D eigenvalue weighted by Gasteiger charge is -2.24. The zero-order chi connectivity index (χ0) is 18.6. The molecule has 3 nitrogen and oxygen atoms in total. The van der Waals surface area contributed by atoms with Crippen LogP contribution in [-0.4, -0.2) is 38.2 Å². The number of fused-ring (bicyclic) bond motifs is 1. The highest BCUT2D eigenvalue weighted by molar-refractivity contribution is 6.36. The molecule has 1 atom stereocenters. The number of carbonyl (C=O) groups is 1. The van der Waals surface area contributed by atoms with Crippen molar-refractivity contribution in [2.24, 2.45) is 0 Å². The number of hydrogen-bond acceptors (Lipinski definition) is 2. The third-order valence-corrected chi connectivity index (χ3v) is 2.84. The largest absolute Gasteiger partial charge is 0.480 e. The van der Waals surface area contributed by atoms with Gasteiger partial charge in [0.15, 0.2) is 6.10 Å². The fourth-order valence-electron chi connectivity index (χ4n) is 1.59. The summed E-state index contributed by atoms with van der Waals surface area (Å²) in [5, 5.41) is 9.51. The summed E-state index contributed by atoms with van der Waals surface area (Å²) in [5.41, 5.74) is 0.280. The molecule has 1 N–H and O–H groups in total. The van der Waals surface area contributed by atoms with E-state index in [2.05, 4.69) is 0 Å². The molecule has 0 spiro atoms. The highest BCUT2D eigenvalue weighted by Gasteiger charge is 2.29. The zero-order valence-electron chi connectivity index (χ0n) is 13.2. The molecule has 23 heavy (non-hydrogen) atoms. The smallest absolute Gasteiger partial charge is 0.335 e. The highest BCUT2D eigenvalue weighted by atomic mass is 35.5. The molecule has 0 unspecified atom stereocenters. The van der Waals surface area contributed by atoms with Crippen molar-refractivity contribution in [1.82, 2.24) is 0 Å². The maximum Gasteiger partial charge on any atom is 0.335 e. The summed E-state index contributed by atoms with van der Waals surface area (Å²) in [5.74, 6) is -0.974. The first-order valence-corrected chi connectivity index (χ1v) is 7.20. The van der Waals surface area contributed by atoms with Crippen molar-refractivity contribution >= 4 is 35.2 Å². The standard InChI is InChI=1S/C11H7Cl2FO3.C2H6.2CH3F/c12-6-1-5-2-7(11(15)16)9(4-14)17-10(5)8(13)3-6;3*1-2/h1-3,9H,4H2,(H,15,16);1-2H3;2*1H3/t9-;;;/m1.../s1. The van der Waals surface area contributed by atoms with Crippen LogP contribution in [0.1, 0.15) is 19.4 Å². The minimum atomic E-state index is -1.23. The maximum atomic E-state index is 12.7. The second-order valence-corrected chi connectivity index (χ2v) is 4.32. The quantitative estimate of drug-likeness (QED) is 0.754. The summed E-state index contributed by atoms with van der Waals surface area (Å²) in [6.07, 6.45) is 0.182. The van der Waals surface area contributed by atoms with E-state index in [4.69, 9.17) is 33.0 Å². The first kappa shape index (κ1) is 23.9. The predicted molar refractivity (Wildman–Crippen MR) is 87.9 cm³/mol. The third-order valence-electron chi connectivity index (χ3n) is 2.34. The molecule has 0 saturated carbocycles. The van der Waals surface area contributed by atoms with Gasteiger partial charge in [0, 0.05) is 10.6 Å². The van der Waals surface area contributed by atoms with Crippen LogP contribution in [0, 0.1) is 0 Å². The van der Waals surface area contributed by atoms with E-state index in [1.54, 1.807) is 0 Å². The monoisotopic (exact) mass is 374 g/mol. The lowest BCUT2D eigenvalue weighted by Crippen LogP contribution is -2.29. The van der Waals surface area contributed by atoms with Crippen molar-refractivity contribution < 1.29 is 27.8 Å². The number of ether oxygens (including phenoxy) is 1. The van der Waals surface area contributed by atoms with Gasteiger partial charge in [0.25, 0.3) is 0 Å². The molecule has 0 bridgehead atoms. The van der Waals surface area contributed by atoms with E-state index in [1.165, 1.54) is 18.2 Å². The zero-order valence-corrected chi connectivity index (χ0v) is 14.7. The average molecular weight is 375 g/mol. The number of halogens is 5. The second kappa shape index (κ2) is 13.1. The van der Waals surface area contributed by atoms with Crippen LogP contribution in [0.15, 0.2) is 17.7 Å². The molecule has 1 aromatic rings. The Labute approximate surface area is 143 Å². The Bertz CT molecular complexity index is 523. The summed E-state index contributed by atoms with van der Waals surface area (Å²) >= 11 is 11.7. The van der Waals surface area contributed by atoms with E-state index >= 15 is 0 Å². The summed E-state index contributed by atoms with van der Waals surface area (Å²) in [7, 11) is 1.00. The van der Waals surface area contributed by atoms with Crippen molar-refractivity contribution in [2.75, 3.05) is 21.0 Å². The Kier molecular flexibility index (Phi) is 13.6. The number of carboxylic acid groups (broad SMARTS) is 1. The van der Waals surface area contributed by atoms with Gasteiger partial charge in [0.2, 0.25) is 0 Å². The van der Waals surface area contributed by atoms with Gasteiger partial charge in [-0.1, -0.05) is 37.0 Å². The molecule has 2 rings (SSSR count). The molecule has 1 aliphatic rings. The number of alkyl halides is 3. The molecule has 0 amide bonds. The van der Waals surface area contributed by atoms with E-state index in [0.717, 1.165) is 0 Å². The lowest BCUT2D eigenvalue weighted by atomic mass is 10.0. The van der Waals surface area contributed by atoms with Gasteiger partial charge in [-0.3, -0.25) is 8.78 Å². The highest BCUT2D eigenvalue weighted by Crippen LogP contribution is 2.38. The van der Waals surface area contributed by atoms with E-state index in [9.17, 15) is 18.0 Å². The van der Waals surface area contributed by atoms with E-state index in [-0.39, 0.29) is 16.3 Å². The van der Waals surface area contributed by atoms with Gasteiger partial charge >= 0.3 is 5.97 Å². The van der Waals surface area contributed by atoms with Crippen molar-refractivity contribution in [2.45, 2.75) is 20.0 Å². The molecule has 1 aliphatic heterocycles. The van der Waals surface area contributed by atoms with Crippen molar-refractivity contribution in [3.63, 3.8) is 0 Å². The number of rotatable bonds is 2. The average Bonchev–Trinajstić information content (AvgIpc) is 2.59. The van der Waals surface area contributed by atoms with Crippen LogP contribution in [0.25, 0.3) is 6.08 Å². The fourth-order valence-corrected chi connectivity index (χ4v) is 2.15. The minimum Gasteiger partial charge on any atom is -0.480 e. The van der Waals surface area contributed by atoms with Gasteiger partial charge in [-0.2, -0.15) is 0 Å². The van der Waals surface area contributed by atoms with Crippen LogP contribution in [-0.2, 0) is 4.79 Å². The molecular weight excluding hydrogens is 356 g/mol. The van der Waals surface area contributed by atoms with E-state index < -0.39 is 18.7 Å². The van der Waals surface area contributed by atoms with Crippen molar-refractivity contribution in [1.29, 1.82) is 0 Å². The van der Waals surface area contributed by atoms with Crippen LogP contribution >= 0.6 is 23.2 Å². The van der Waals surface area contributed by atoms with Crippen LogP contribution < -0.4 is 4.74 Å². The van der Waals surface area contributed by atoms with Crippen LogP contribution in [0.5, 0.6) is 5.75 Å². The number of benzene rings is 1. The Morgan fingerprint density at radius 2 is 1.74 bits per heavy atom. The molecule has 0 fully saturated rings. The van der Waals surface area contributed by atoms with E-state index in [0.29, 0.717) is 24.9 Å². The van der Waals surface area contributed by atoms with Crippen LogP contribution in [0.3, 0.4) is 0 Å². The third kappa shape index (κ3) is 6.71. The van der Waals surface area contributed by atoms with Gasteiger partial charge < -0.3 is 9.84 Å². The second-order valence-electron chi connectivity index (χ2n) is 3.47. The SMILES string of the molecule is CC.CF.CF.O=C(O)C1=Cc2cc(Cl)cc(Cl)c2O[C@@H]1CF. The number of carboxylic acids is 1. The van der Waals surface area contributed by atoms with Gasteiger partial charge in [-0.15, -0.1) is 0 Å². The number of hydrogen-bond donors (Lipinski definition) is 1. The summed E-state index contributed by atoms with van der Waals surface area (Å²) < 4.78 is 36.9. The predicted octanol–water partition coefficient (Wildman–Crippen LogP) is 5.39. The van der Waals surface area contributed by atoms with Crippen LogP contribution in [0.2, 0.25) is 10.0 Å². The summed E-state index contributed by atoms with van der Waals surface area (Å²) in [6, 6.07) is 2.97. The molecule has 132 valence electrons. The molecular formula is C15H19Cl2F3O3. The topological polar surface area (TPSA) is 46.5 Å². The molecule has 0 saturated heterocycles. The first-order chi connectivity index (χ1) is 11.0. The molecule has 0 radical (unpaired) electrons. The normalized spacial score (nSPS) is 14.1. The van der Waals surface area contributed by atoms with Gasteiger partial charge in [-0.05, 0) is 18.2 Å². The molecule has 1 aromatic carbocycles. The van der Waals surface area contributed by atoms with Gasteiger partial charge in [-0.25, -0.2) is 9.18 Å². The Hall–Kier alpha value is -1.40. The van der Waals surface area contributed by atoms with E-state index in [1.807, 2.05) is 13.8 Å². The number of aliphatic carboxylic acids is 1. The van der Waals surface area contributed by atoms with Crippen molar-refractivity contribution in [3.8, 4) is 5.75 Å². The van der Waals surface area contributed by atoms with Crippen molar-refractivity contribution in [3.05, 3.63) is 33.3 Å². The first-order valence-electron chi connectivity index (χ1n) is 6.45. The van der Waals surface area contributed by atoms with Gasteiger partial charge in [0.05, 0.1) is 25.0 Å². The molecule has 0 aromatic heterocycles. The lowest BCUT2D eigenvalue weighted by molar-refractivity contribution is -0.133. The summed E-state index contributed by atoms with van der Waals surface area (Å²) in [4.78, 5) is 10.9. The summed E-state index contributed by atoms with van der Waals surface area (Å²) in [6.45, 7) is 3.07. The molecule has 0 aliphatic carbocycles. The molecule has 1 heterocycles. The Balaban J connectivity index is 0. The van der Waals surface area contributed by atoms with Gasteiger partial charge in [0.1, 0.15) is 12.4 Å². The fraction of sp³-hybridized carbons (Fsp3) is 0.400. The minimum absolute atomic E-state index is 0.154. The Morgan fingerprint density at radius 1 is 1.22 bits per heavy atom. The maximum absolute atomic E-state index is 12.7. The van der Waals surface area contributed by atoms with Crippen LogP contribution in [0.4, 0.5) is 13.2 Å². The Morgan fingerprint density at radius 3 is 2.17 bits per heavy atom. The molecule has 8 heteroatoms.